The molecule has 246 valence electrons. The molecule has 2 aromatic heterocycles. The Kier molecular flexibility index (Phi) is 7.77. The highest BCUT2D eigenvalue weighted by molar-refractivity contribution is 6.04. The first-order chi connectivity index (χ1) is 22.5. The van der Waals surface area contributed by atoms with Gasteiger partial charge in [0.2, 0.25) is 5.88 Å². The van der Waals surface area contributed by atoms with Gasteiger partial charge in [-0.1, -0.05) is 12.0 Å². The Morgan fingerprint density at radius 1 is 1.17 bits per heavy atom. The summed E-state index contributed by atoms with van der Waals surface area (Å²) >= 11 is 0. The number of terminal acetylenes is 1. The van der Waals surface area contributed by atoms with Gasteiger partial charge in [-0.2, -0.15) is 9.97 Å². The molecule has 10 nitrogen and oxygen atoms in total. The standard InChI is InChI=1S/C34H34F3N5O5/c1-4-22-24(36)7-6-19-12-21(43)13-23(25(19)22)28-27(37)29-26(31(38-28)45-3)30(41-10-11-46-17-33(2,44)16-41)40-32(39-29)47-18-34-8-5-9-42(34)15-20(35)14-34/h1,6-7,12-13,20,43-44H,5,8-11,14-18H2,2-3H3. The topological polar surface area (TPSA) is 113 Å². The summed E-state index contributed by atoms with van der Waals surface area (Å²) in [5.74, 6) is 0.633. The predicted octanol–water partition coefficient (Wildman–Crippen LogP) is 4.36. The van der Waals surface area contributed by atoms with E-state index in [0.29, 0.717) is 18.4 Å². The number of aromatic nitrogens is 3. The minimum absolute atomic E-state index is 0.0271. The number of hydrogen-bond acceptors (Lipinski definition) is 10. The van der Waals surface area contributed by atoms with Gasteiger partial charge in [0.15, 0.2) is 5.82 Å². The van der Waals surface area contributed by atoms with E-state index < -0.39 is 28.9 Å². The van der Waals surface area contributed by atoms with Crippen LogP contribution in [0.2, 0.25) is 0 Å². The van der Waals surface area contributed by atoms with Crippen LogP contribution in [-0.2, 0) is 4.74 Å². The number of hydrogen-bond donors (Lipinski definition) is 2. The molecule has 47 heavy (non-hydrogen) atoms. The van der Waals surface area contributed by atoms with E-state index in [-0.39, 0.29) is 89.5 Å². The van der Waals surface area contributed by atoms with Crippen LogP contribution in [0, 0.1) is 24.0 Å². The maximum absolute atomic E-state index is 17.0. The third kappa shape index (κ3) is 5.44. The minimum atomic E-state index is -1.27. The summed E-state index contributed by atoms with van der Waals surface area (Å²) in [5, 5.41) is 22.2. The van der Waals surface area contributed by atoms with Crippen molar-refractivity contribution in [2.45, 2.75) is 43.5 Å². The highest BCUT2D eigenvalue weighted by Crippen LogP contribution is 2.43. The molecule has 3 unspecified atom stereocenters. The van der Waals surface area contributed by atoms with Crippen LogP contribution in [0.5, 0.6) is 17.6 Å². The lowest BCUT2D eigenvalue weighted by Crippen LogP contribution is -2.44. The maximum atomic E-state index is 17.0. The molecule has 5 heterocycles. The molecular formula is C34H34F3N5O5. The van der Waals surface area contributed by atoms with Crippen LogP contribution in [0.25, 0.3) is 32.9 Å². The van der Waals surface area contributed by atoms with E-state index in [1.54, 1.807) is 11.8 Å². The molecule has 4 aromatic rings. The number of aliphatic hydroxyl groups is 1. The van der Waals surface area contributed by atoms with E-state index in [4.69, 9.17) is 20.6 Å². The summed E-state index contributed by atoms with van der Waals surface area (Å²) in [7, 11) is 1.35. The van der Waals surface area contributed by atoms with Gasteiger partial charge in [-0.05, 0) is 49.9 Å². The second kappa shape index (κ2) is 11.7. The number of alkyl halides is 1. The molecule has 2 N–H and O–H groups in total. The number of pyridine rings is 1. The Morgan fingerprint density at radius 2 is 2.00 bits per heavy atom. The monoisotopic (exact) mass is 649 g/mol. The van der Waals surface area contributed by atoms with Crippen LogP contribution in [0.4, 0.5) is 19.0 Å². The first-order valence-corrected chi connectivity index (χ1v) is 15.5. The number of anilines is 1. The van der Waals surface area contributed by atoms with Gasteiger partial charge in [0, 0.05) is 30.5 Å². The number of methoxy groups -OCH3 is 1. The SMILES string of the molecule is C#Cc1c(F)ccc2cc(O)cc(-c3nc(OC)c4c(N5CCOCC(C)(O)C5)nc(OCC56CCCN5CC(F)C6)nc4c3F)c12. The minimum Gasteiger partial charge on any atom is -0.508 e. The Morgan fingerprint density at radius 3 is 2.79 bits per heavy atom. The molecule has 0 aliphatic carbocycles. The number of phenols is 1. The van der Waals surface area contributed by atoms with Crippen molar-refractivity contribution in [3.63, 3.8) is 0 Å². The smallest absolute Gasteiger partial charge is 0.319 e. The lowest BCUT2D eigenvalue weighted by Gasteiger charge is -2.31. The largest absolute Gasteiger partial charge is 0.508 e. The highest BCUT2D eigenvalue weighted by atomic mass is 19.1. The number of rotatable bonds is 6. The van der Waals surface area contributed by atoms with Gasteiger partial charge in [-0.15, -0.1) is 6.42 Å². The van der Waals surface area contributed by atoms with E-state index in [2.05, 4.69) is 25.8 Å². The first kappa shape index (κ1) is 31.2. The number of halogens is 3. The van der Waals surface area contributed by atoms with Crippen molar-refractivity contribution in [1.29, 1.82) is 0 Å². The molecular weight excluding hydrogens is 615 g/mol. The number of nitrogens with zero attached hydrogens (tertiary/aromatic N) is 5. The quantitative estimate of drug-likeness (QED) is 0.292. The lowest BCUT2D eigenvalue weighted by atomic mass is 9.95. The van der Waals surface area contributed by atoms with Gasteiger partial charge in [-0.25, -0.2) is 18.2 Å². The maximum Gasteiger partial charge on any atom is 0.319 e. The predicted molar refractivity (Wildman–Crippen MR) is 169 cm³/mol. The second-order valence-electron chi connectivity index (χ2n) is 12.8. The van der Waals surface area contributed by atoms with E-state index in [0.717, 1.165) is 19.4 Å². The van der Waals surface area contributed by atoms with E-state index in [1.807, 2.05) is 0 Å². The van der Waals surface area contributed by atoms with Gasteiger partial charge in [-0.3, -0.25) is 4.90 Å². The fourth-order valence-electron chi connectivity index (χ4n) is 7.31. The van der Waals surface area contributed by atoms with Gasteiger partial charge < -0.3 is 29.3 Å². The van der Waals surface area contributed by atoms with Crippen molar-refractivity contribution in [3.05, 3.63) is 41.5 Å². The molecule has 7 rings (SSSR count). The molecule has 0 saturated carbocycles. The third-order valence-corrected chi connectivity index (χ3v) is 9.34. The summed E-state index contributed by atoms with van der Waals surface area (Å²) in [6, 6.07) is 5.10. The fourth-order valence-corrected chi connectivity index (χ4v) is 7.31. The van der Waals surface area contributed by atoms with Crippen LogP contribution < -0.4 is 14.4 Å². The fraction of sp³-hybridized carbons (Fsp3) is 0.441. The average Bonchev–Trinajstić information content (AvgIpc) is 3.49. The normalized spacial score (nSPS) is 24.8. The number of ether oxygens (including phenoxy) is 3. The van der Waals surface area contributed by atoms with Crippen molar-refractivity contribution in [3.8, 4) is 41.2 Å². The zero-order chi connectivity index (χ0) is 33.1. The molecule has 13 heteroatoms. The summed E-state index contributed by atoms with van der Waals surface area (Å²) in [4.78, 5) is 17.5. The highest BCUT2D eigenvalue weighted by Gasteiger charge is 2.49. The molecule has 2 aromatic carbocycles. The van der Waals surface area contributed by atoms with Crippen molar-refractivity contribution in [2.24, 2.45) is 0 Å². The molecule has 3 atom stereocenters. The molecule has 3 aliphatic rings. The van der Waals surface area contributed by atoms with Crippen molar-refractivity contribution in [2.75, 3.05) is 58.0 Å². The number of aromatic hydroxyl groups is 1. The van der Waals surface area contributed by atoms with Crippen LogP contribution in [-0.4, -0.2) is 100 Å². The Bertz CT molecular complexity index is 1940. The van der Waals surface area contributed by atoms with Gasteiger partial charge >= 0.3 is 6.01 Å². The third-order valence-electron chi connectivity index (χ3n) is 9.34. The molecule has 0 spiro atoms. The van der Waals surface area contributed by atoms with Crippen molar-refractivity contribution in [1.82, 2.24) is 19.9 Å². The summed E-state index contributed by atoms with van der Waals surface area (Å²) in [5.41, 5.74) is -2.40. The van der Waals surface area contributed by atoms with Gasteiger partial charge in [0.1, 0.15) is 52.4 Å². The number of β-amino-alcohol motifs (C(OH)–C–C–N with tert-alkyl or cyclic N) is 1. The molecule has 3 saturated heterocycles. The molecule has 3 fully saturated rings. The second-order valence-corrected chi connectivity index (χ2v) is 12.8. The van der Waals surface area contributed by atoms with Crippen LogP contribution >= 0.6 is 0 Å². The lowest BCUT2D eigenvalue weighted by molar-refractivity contribution is -0.0123. The molecule has 0 bridgehead atoms. The van der Waals surface area contributed by atoms with E-state index in [1.165, 1.54) is 31.4 Å². The Labute approximate surface area is 269 Å². The van der Waals surface area contributed by atoms with Crippen molar-refractivity contribution < 1.29 is 37.6 Å². The summed E-state index contributed by atoms with van der Waals surface area (Å²) < 4.78 is 63.9. The van der Waals surface area contributed by atoms with Crippen LogP contribution in [0.15, 0.2) is 24.3 Å². The van der Waals surface area contributed by atoms with Gasteiger partial charge in [0.25, 0.3) is 0 Å². The number of benzene rings is 2. The number of fused-ring (bicyclic) bond motifs is 3. The van der Waals surface area contributed by atoms with Crippen molar-refractivity contribution >= 4 is 27.5 Å². The molecule has 0 radical (unpaired) electrons. The Balaban J connectivity index is 1.45. The summed E-state index contributed by atoms with van der Waals surface area (Å²) in [6.07, 6.45) is 6.67. The molecule has 0 amide bonds. The van der Waals surface area contributed by atoms with Crippen LogP contribution in [0.3, 0.4) is 0 Å². The van der Waals surface area contributed by atoms with E-state index in [9.17, 15) is 19.0 Å². The average molecular weight is 650 g/mol. The van der Waals surface area contributed by atoms with E-state index >= 15 is 4.39 Å². The Hall–Kier alpha value is -4.38. The summed E-state index contributed by atoms with van der Waals surface area (Å²) in [6.45, 7) is 3.50. The van der Waals surface area contributed by atoms with Gasteiger partial charge in [0.05, 0.1) is 38.0 Å². The molecule has 3 aliphatic heterocycles. The first-order valence-electron chi connectivity index (χ1n) is 15.5. The van der Waals surface area contributed by atoms with Crippen LogP contribution in [0.1, 0.15) is 31.7 Å². The zero-order valence-corrected chi connectivity index (χ0v) is 26.0. The number of phenolic OH excluding ortho intramolecular Hbond substituents is 1. The zero-order valence-electron chi connectivity index (χ0n) is 26.0.